The first kappa shape index (κ1) is 16.9. The summed E-state index contributed by atoms with van der Waals surface area (Å²) in [6.45, 7) is 6.94. The molecule has 0 spiro atoms. The molecule has 0 N–H and O–H groups in total. The molecule has 1 aliphatic rings. The third-order valence-corrected chi connectivity index (χ3v) is 7.27. The summed E-state index contributed by atoms with van der Waals surface area (Å²) in [5.74, 6) is 0.685. The zero-order valence-electron chi connectivity index (χ0n) is 13.5. The summed E-state index contributed by atoms with van der Waals surface area (Å²) in [4.78, 5) is 7.08. The van der Waals surface area contributed by atoms with Crippen molar-refractivity contribution >= 4 is 49.8 Å². The second-order valence-electron chi connectivity index (χ2n) is 7.03. The smallest absolute Gasteiger partial charge is 0.134 e. The third kappa shape index (κ3) is 3.60. The van der Waals surface area contributed by atoms with Crippen molar-refractivity contribution in [2.45, 2.75) is 40.0 Å². The minimum absolute atomic E-state index is 0.321. The van der Waals surface area contributed by atoms with Crippen LogP contribution < -0.4 is 0 Å². The van der Waals surface area contributed by atoms with Gasteiger partial charge in [0, 0.05) is 25.8 Å². The molecule has 3 rings (SSSR count). The van der Waals surface area contributed by atoms with E-state index in [2.05, 4.69) is 47.8 Å². The number of aliphatic imine (C=N–C) groups is 1. The maximum Gasteiger partial charge on any atom is 0.134 e. The lowest BCUT2D eigenvalue weighted by Gasteiger charge is -2.33. The van der Waals surface area contributed by atoms with Gasteiger partial charge in [0.15, 0.2) is 0 Å². The summed E-state index contributed by atoms with van der Waals surface area (Å²) in [5, 5.41) is 12.5. The molecule has 23 heavy (non-hydrogen) atoms. The number of hydrogen-bond acceptors (Lipinski definition) is 4. The van der Waals surface area contributed by atoms with E-state index >= 15 is 0 Å². The van der Waals surface area contributed by atoms with Gasteiger partial charge in [-0.3, -0.25) is 0 Å². The van der Waals surface area contributed by atoms with Crippen LogP contribution in [-0.2, 0) is 12.8 Å². The van der Waals surface area contributed by atoms with Gasteiger partial charge in [-0.2, -0.15) is 5.26 Å². The molecule has 0 bridgehead atoms. The van der Waals surface area contributed by atoms with Gasteiger partial charge >= 0.3 is 0 Å². The number of halogens is 1. The highest BCUT2D eigenvalue weighted by Crippen LogP contribution is 2.44. The van der Waals surface area contributed by atoms with Crippen LogP contribution in [0.2, 0.25) is 0 Å². The molecule has 2 aromatic heterocycles. The Hall–Kier alpha value is -0.960. The molecule has 1 aliphatic carbocycles. The largest absolute Gasteiger partial charge is 0.243 e. The standard InChI is InChI=1S/C18H19BrN2S2/c1-18(2,3)11-4-5-14-15(8-20)17(23-16(14)6-11)21-9-13-7-12(19)10-22-13/h7,9-11H,4-6H2,1-3H3/t11-/m1/s1. The van der Waals surface area contributed by atoms with Crippen LogP contribution in [0, 0.1) is 22.7 Å². The highest BCUT2D eigenvalue weighted by Gasteiger charge is 2.32. The van der Waals surface area contributed by atoms with E-state index in [0.717, 1.165) is 32.8 Å². The van der Waals surface area contributed by atoms with Gasteiger partial charge in [0.1, 0.15) is 11.1 Å². The molecule has 2 aromatic rings. The van der Waals surface area contributed by atoms with Crippen molar-refractivity contribution in [2.24, 2.45) is 16.3 Å². The lowest BCUT2D eigenvalue weighted by atomic mass is 9.72. The Balaban J connectivity index is 1.90. The summed E-state index contributed by atoms with van der Waals surface area (Å²) in [6.07, 6.45) is 5.13. The molecule has 1 atom stereocenters. The second-order valence-corrected chi connectivity index (χ2v) is 9.97. The van der Waals surface area contributed by atoms with Crippen LogP contribution in [-0.4, -0.2) is 6.21 Å². The summed E-state index contributed by atoms with van der Waals surface area (Å²) in [5.41, 5.74) is 2.36. The number of nitrogens with zero attached hydrogens (tertiary/aromatic N) is 2. The van der Waals surface area contributed by atoms with Gasteiger partial charge in [-0.05, 0) is 58.2 Å². The van der Waals surface area contributed by atoms with Crippen LogP contribution in [0.15, 0.2) is 20.9 Å². The van der Waals surface area contributed by atoms with Gasteiger partial charge in [0.2, 0.25) is 0 Å². The van der Waals surface area contributed by atoms with Crippen LogP contribution in [0.3, 0.4) is 0 Å². The predicted molar refractivity (Wildman–Crippen MR) is 103 cm³/mol. The summed E-state index contributed by atoms with van der Waals surface area (Å²) >= 11 is 6.81. The third-order valence-electron chi connectivity index (χ3n) is 4.48. The topological polar surface area (TPSA) is 36.1 Å². The molecule has 120 valence electrons. The fraction of sp³-hybridized carbons (Fsp3) is 0.444. The van der Waals surface area contributed by atoms with Crippen LogP contribution >= 0.6 is 38.6 Å². The molecule has 0 saturated heterocycles. The Morgan fingerprint density at radius 2 is 2.22 bits per heavy atom. The number of rotatable bonds is 2. The number of fused-ring (bicyclic) bond motifs is 1. The maximum absolute atomic E-state index is 9.57. The summed E-state index contributed by atoms with van der Waals surface area (Å²) in [6, 6.07) is 4.43. The molecule has 5 heteroatoms. The van der Waals surface area contributed by atoms with Crippen LogP contribution in [0.25, 0.3) is 0 Å². The molecule has 0 saturated carbocycles. The Bertz CT molecular complexity index is 787. The van der Waals surface area contributed by atoms with Crippen LogP contribution in [0.1, 0.15) is 48.1 Å². The molecule has 0 aromatic carbocycles. The zero-order chi connectivity index (χ0) is 16.6. The lowest BCUT2D eigenvalue weighted by molar-refractivity contribution is 0.218. The maximum atomic E-state index is 9.57. The fourth-order valence-corrected chi connectivity index (χ4v) is 5.56. The number of thiophene rings is 2. The van der Waals surface area contributed by atoms with Crippen molar-refractivity contribution in [1.82, 2.24) is 0 Å². The van der Waals surface area contributed by atoms with Crippen molar-refractivity contribution in [3.05, 3.63) is 36.8 Å². The molecule has 0 fully saturated rings. The van der Waals surface area contributed by atoms with Crippen LogP contribution in [0.5, 0.6) is 0 Å². The fourth-order valence-electron chi connectivity index (χ4n) is 3.04. The monoisotopic (exact) mass is 406 g/mol. The van der Waals surface area contributed by atoms with Gasteiger partial charge in [-0.1, -0.05) is 20.8 Å². The van der Waals surface area contributed by atoms with Crippen molar-refractivity contribution in [3.63, 3.8) is 0 Å². The summed E-state index contributed by atoms with van der Waals surface area (Å²) in [7, 11) is 0. The normalized spacial score (nSPS) is 18.1. The van der Waals surface area contributed by atoms with Gasteiger partial charge in [0.25, 0.3) is 0 Å². The molecule has 0 amide bonds. The Kier molecular flexibility index (Phi) is 4.78. The molecule has 0 radical (unpaired) electrons. The van der Waals surface area contributed by atoms with E-state index in [1.54, 1.807) is 22.7 Å². The van der Waals surface area contributed by atoms with Crippen LogP contribution in [0.4, 0.5) is 5.00 Å². The summed E-state index contributed by atoms with van der Waals surface area (Å²) < 4.78 is 1.07. The SMILES string of the molecule is CC(C)(C)[C@@H]1CCc2c(sc(N=Cc3cc(Br)cs3)c2C#N)C1. The molecule has 0 unspecified atom stereocenters. The molecule has 2 nitrogen and oxygen atoms in total. The molecular weight excluding hydrogens is 388 g/mol. The Morgan fingerprint density at radius 1 is 1.43 bits per heavy atom. The molecule has 0 aliphatic heterocycles. The first-order chi connectivity index (χ1) is 10.9. The van der Waals surface area contributed by atoms with E-state index in [1.807, 2.05) is 17.7 Å². The van der Waals surface area contributed by atoms with Crippen molar-refractivity contribution in [2.75, 3.05) is 0 Å². The number of nitriles is 1. The van der Waals surface area contributed by atoms with E-state index in [4.69, 9.17) is 0 Å². The second kappa shape index (κ2) is 6.51. The van der Waals surface area contributed by atoms with E-state index in [0.29, 0.717) is 11.3 Å². The highest BCUT2D eigenvalue weighted by molar-refractivity contribution is 9.10. The first-order valence-corrected chi connectivity index (χ1v) is 10.2. The Labute approximate surface area is 154 Å². The van der Waals surface area contributed by atoms with Gasteiger partial charge in [-0.15, -0.1) is 22.7 Å². The average molecular weight is 407 g/mol. The quantitative estimate of drug-likeness (QED) is 0.535. The minimum Gasteiger partial charge on any atom is -0.243 e. The highest BCUT2D eigenvalue weighted by atomic mass is 79.9. The van der Waals surface area contributed by atoms with Gasteiger partial charge in [-0.25, -0.2) is 4.99 Å². The van der Waals surface area contributed by atoms with Gasteiger partial charge < -0.3 is 0 Å². The minimum atomic E-state index is 0.321. The van der Waals surface area contributed by atoms with Crippen molar-refractivity contribution < 1.29 is 0 Å². The average Bonchev–Trinajstić information content (AvgIpc) is 3.06. The van der Waals surface area contributed by atoms with Gasteiger partial charge in [0.05, 0.1) is 5.56 Å². The molecule has 2 heterocycles. The van der Waals surface area contributed by atoms with E-state index in [1.165, 1.54) is 16.9 Å². The van der Waals surface area contributed by atoms with E-state index in [9.17, 15) is 5.26 Å². The van der Waals surface area contributed by atoms with E-state index < -0.39 is 0 Å². The van der Waals surface area contributed by atoms with Crippen molar-refractivity contribution in [1.29, 1.82) is 5.26 Å². The number of hydrogen-bond donors (Lipinski definition) is 0. The first-order valence-electron chi connectivity index (χ1n) is 7.71. The lowest BCUT2D eigenvalue weighted by Crippen LogP contribution is -2.26. The predicted octanol–water partition coefficient (Wildman–Crippen LogP) is 6.35. The zero-order valence-corrected chi connectivity index (χ0v) is 16.7. The van der Waals surface area contributed by atoms with Crippen molar-refractivity contribution in [3.8, 4) is 6.07 Å². The molecular formula is C18H19BrN2S2. The van der Waals surface area contributed by atoms with E-state index in [-0.39, 0.29) is 0 Å². The Morgan fingerprint density at radius 3 is 2.83 bits per heavy atom.